The molecule has 0 bridgehead atoms. The molecule has 0 unspecified atom stereocenters. The van der Waals surface area contributed by atoms with E-state index in [2.05, 4.69) is 21.3 Å². The van der Waals surface area contributed by atoms with Crippen LogP contribution in [-0.4, -0.2) is 33.0 Å². The number of hydrogen-bond donors (Lipinski definition) is 0. The molecule has 1 aromatic carbocycles. The zero-order chi connectivity index (χ0) is 17.2. The third-order valence-electron chi connectivity index (χ3n) is 4.55. The van der Waals surface area contributed by atoms with E-state index < -0.39 is 0 Å². The Labute approximate surface area is 152 Å². The van der Waals surface area contributed by atoms with Gasteiger partial charge in [-0.2, -0.15) is 0 Å². The number of rotatable bonds is 8. The Kier molecular flexibility index (Phi) is 4.61. The fraction of sp³-hybridized carbons (Fsp3) is 0.421. The molecule has 2 fully saturated rings. The van der Waals surface area contributed by atoms with E-state index in [0.717, 1.165) is 16.7 Å². The number of nitrogens with zero attached hydrogens (tertiary/aromatic N) is 4. The van der Waals surface area contributed by atoms with Gasteiger partial charge in [0.15, 0.2) is 5.16 Å². The van der Waals surface area contributed by atoms with Crippen LogP contribution in [0.2, 0.25) is 0 Å². The number of carbonyl (C=O) groups excluding carboxylic acids is 1. The van der Waals surface area contributed by atoms with Crippen molar-refractivity contribution >= 4 is 23.4 Å². The minimum absolute atomic E-state index is 0.0643. The molecule has 0 radical (unpaired) electrons. The van der Waals surface area contributed by atoms with E-state index in [0.29, 0.717) is 24.3 Å². The fourth-order valence-corrected chi connectivity index (χ4v) is 3.86. The number of carbonyl (C=O) groups is 1. The summed E-state index contributed by atoms with van der Waals surface area (Å²) in [4.78, 5) is 14.5. The van der Waals surface area contributed by atoms with Crippen molar-refractivity contribution in [1.29, 1.82) is 0 Å². The first-order chi connectivity index (χ1) is 12.3. The van der Waals surface area contributed by atoms with E-state index in [1.807, 2.05) is 30.3 Å². The second-order valence-electron chi connectivity index (χ2n) is 6.63. The van der Waals surface area contributed by atoms with Crippen LogP contribution in [0.25, 0.3) is 0 Å². The second kappa shape index (κ2) is 7.04. The van der Waals surface area contributed by atoms with Crippen molar-refractivity contribution < 1.29 is 4.79 Å². The molecule has 5 nitrogen and oxygen atoms in total. The molecule has 0 saturated heterocycles. The smallest absolute Gasteiger partial charge is 0.237 e. The maximum absolute atomic E-state index is 12.8. The van der Waals surface area contributed by atoms with E-state index in [9.17, 15) is 4.79 Å². The normalized spacial score (nSPS) is 16.6. The minimum Gasteiger partial charge on any atom is -0.308 e. The molecule has 0 spiro atoms. The summed E-state index contributed by atoms with van der Waals surface area (Å²) in [6, 6.07) is 10.3. The predicted octanol–water partition coefficient (Wildman–Crippen LogP) is 3.80. The Bertz CT molecular complexity index is 765. The average molecular weight is 354 g/mol. The minimum atomic E-state index is 0.0643. The highest BCUT2D eigenvalue weighted by molar-refractivity contribution is 7.99. The standard InChI is InChI=1S/C19H22N4OS/c1-2-12-22(15-6-4-3-5-7-15)17(24)13-25-19-21-20-18(14-8-9-14)23(19)16-10-11-16/h2-7,14,16H,1,8-13H2. The van der Waals surface area contributed by atoms with E-state index in [4.69, 9.17) is 0 Å². The van der Waals surface area contributed by atoms with Crippen LogP contribution in [0.5, 0.6) is 0 Å². The van der Waals surface area contributed by atoms with Gasteiger partial charge in [-0.3, -0.25) is 4.79 Å². The summed E-state index contributed by atoms with van der Waals surface area (Å²) in [6.45, 7) is 4.28. The lowest BCUT2D eigenvalue weighted by Gasteiger charge is -2.21. The lowest BCUT2D eigenvalue weighted by molar-refractivity contribution is -0.116. The summed E-state index contributed by atoms with van der Waals surface area (Å²) in [7, 11) is 0. The summed E-state index contributed by atoms with van der Waals surface area (Å²) >= 11 is 1.50. The molecule has 2 saturated carbocycles. The first-order valence-corrected chi connectivity index (χ1v) is 9.80. The molecule has 1 aromatic heterocycles. The molecule has 6 heteroatoms. The monoisotopic (exact) mass is 354 g/mol. The second-order valence-corrected chi connectivity index (χ2v) is 7.58. The van der Waals surface area contributed by atoms with Crippen LogP contribution in [0.15, 0.2) is 48.1 Å². The van der Waals surface area contributed by atoms with Gasteiger partial charge in [-0.1, -0.05) is 36.0 Å². The van der Waals surface area contributed by atoms with Crippen molar-refractivity contribution in [3.8, 4) is 0 Å². The number of aromatic nitrogens is 3. The Morgan fingerprint density at radius 1 is 1.24 bits per heavy atom. The molecule has 0 atom stereocenters. The maximum Gasteiger partial charge on any atom is 0.237 e. The van der Waals surface area contributed by atoms with Crippen LogP contribution in [0, 0.1) is 0 Å². The van der Waals surface area contributed by atoms with Crippen molar-refractivity contribution in [3.05, 3.63) is 48.8 Å². The zero-order valence-electron chi connectivity index (χ0n) is 14.2. The summed E-state index contributed by atoms with van der Waals surface area (Å²) in [5.41, 5.74) is 0.898. The Morgan fingerprint density at radius 3 is 2.64 bits per heavy atom. The molecule has 4 rings (SSSR count). The van der Waals surface area contributed by atoms with Gasteiger partial charge in [0.25, 0.3) is 0 Å². The number of amides is 1. The van der Waals surface area contributed by atoms with Gasteiger partial charge < -0.3 is 9.47 Å². The third-order valence-corrected chi connectivity index (χ3v) is 5.48. The quantitative estimate of drug-likeness (QED) is 0.534. The largest absolute Gasteiger partial charge is 0.308 e. The van der Waals surface area contributed by atoms with Gasteiger partial charge >= 0.3 is 0 Å². The first kappa shape index (κ1) is 16.4. The number of hydrogen-bond acceptors (Lipinski definition) is 4. The van der Waals surface area contributed by atoms with Gasteiger partial charge in [0, 0.05) is 24.2 Å². The van der Waals surface area contributed by atoms with Crippen LogP contribution >= 0.6 is 11.8 Å². The predicted molar refractivity (Wildman–Crippen MR) is 100.0 cm³/mol. The highest BCUT2D eigenvalue weighted by Crippen LogP contribution is 2.46. The Morgan fingerprint density at radius 2 is 2.00 bits per heavy atom. The highest BCUT2D eigenvalue weighted by atomic mass is 32.2. The summed E-state index contributed by atoms with van der Waals surface area (Å²) < 4.78 is 2.29. The van der Waals surface area contributed by atoms with Crippen LogP contribution in [-0.2, 0) is 4.79 Å². The lowest BCUT2D eigenvalue weighted by Crippen LogP contribution is -2.32. The molecule has 2 aliphatic rings. The zero-order valence-corrected chi connectivity index (χ0v) is 15.0. The van der Waals surface area contributed by atoms with Crippen molar-refractivity contribution in [3.63, 3.8) is 0 Å². The van der Waals surface area contributed by atoms with Crippen LogP contribution < -0.4 is 4.90 Å². The summed E-state index contributed by atoms with van der Waals surface area (Å²) in [6.07, 6.45) is 6.59. The van der Waals surface area contributed by atoms with Gasteiger partial charge in [-0.15, -0.1) is 16.8 Å². The van der Waals surface area contributed by atoms with E-state index in [1.165, 1.54) is 37.4 Å². The van der Waals surface area contributed by atoms with Crippen LogP contribution in [0.4, 0.5) is 5.69 Å². The molecule has 130 valence electrons. The lowest BCUT2D eigenvalue weighted by atomic mass is 10.3. The van der Waals surface area contributed by atoms with E-state index in [-0.39, 0.29) is 5.91 Å². The van der Waals surface area contributed by atoms with Gasteiger partial charge in [-0.05, 0) is 37.8 Å². The van der Waals surface area contributed by atoms with Gasteiger partial charge in [0.05, 0.1) is 5.75 Å². The third kappa shape index (κ3) is 3.63. The van der Waals surface area contributed by atoms with Gasteiger partial charge in [0.2, 0.25) is 5.91 Å². The topological polar surface area (TPSA) is 51.0 Å². The van der Waals surface area contributed by atoms with Crippen LogP contribution in [0.1, 0.15) is 43.5 Å². The van der Waals surface area contributed by atoms with Crippen LogP contribution in [0.3, 0.4) is 0 Å². The van der Waals surface area contributed by atoms with Gasteiger partial charge in [0.1, 0.15) is 5.82 Å². The first-order valence-electron chi connectivity index (χ1n) is 8.82. The molecule has 0 N–H and O–H groups in total. The number of anilines is 1. The molecular formula is C19H22N4OS. The number of para-hydroxylation sites is 1. The van der Waals surface area contributed by atoms with E-state index >= 15 is 0 Å². The molecule has 25 heavy (non-hydrogen) atoms. The molecular weight excluding hydrogens is 332 g/mol. The average Bonchev–Trinajstić information content (AvgIpc) is 3.57. The van der Waals surface area contributed by atoms with Crippen molar-refractivity contribution in [2.45, 2.75) is 42.8 Å². The molecule has 2 aromatic rings. The molecule has 1 amide bonds. The van der Waals surface area contributed by atoms with Gasteiger partial charge in [-0.25, -0.2) is 0 Å². The highest BCUT2D eigenvalue weighted by Gasteiger charge is 2.36. The number of benzene rings is 1. The molecule has 2 aliphatic carbocycles. The van der Waals surface area contributed by atoms with Crippen molar-refractivity contribution in [2.24, 2.45) is 0 Å². The Hall–Kier alpha value is -2.08. The number of thioether (sulfide) groups is 1. The molecule has 1 heterocycles. The fourth-order valence-electron chi connectivity index (χ4n) is 2.98. The summed E-state index contributed by atoms with van der Waals surface area (Å²) in [5.74, 6) is 2.13. The van der Waals surface area contributed by atoms with E-state index in [1.54, 1.807) is 11.0 Å². The SMILES string of the molecule is C=CCN(C(=O)CSc1nnc(C2CC2)n1C1CC1)c1ccccc1. The van der Waals surface area contributed by atoms with Crippen molar-refractivity contribution in [1.82, 2.24) is 14.8 Å². The van der Waals surface area contributed by atoms with Crippen molar-refractivity contribution in [2.75, 3.05) is 17.2 Å². The molecule has 0 aliphatic heterocycles. The summed E-state index contributed by atoms with van der Waals surface area (Å²) in [5, 5.41) is 9.67. The maximum atomic E-state index is 12.8. The Balaban J connectivity index is 1.47.